The highest BCUT2D eigenvalue weighted by Crippen LogP contribution is 2.55. The Morgan fingerprint density at radius 1 is 1.56 bits per heavy atom. The smallest absolute Gasteiger partial charge is 0.337 e. The molecule has 1 saturated carbocycles. The van der Waals surface area contributed by atoms with Crippen molar-refractivity contribution in [2.75, 3.05) is 13.1 Å². The Morgan fingerprint density at radius 2 is 2.19 bits per heavy atom. The van der Waals surface area contributed by atoms with Crippen molar-refractivity contribution < 1.29 is 18.3 Å². The Balaban J connectivity index is 1.75. The van der Waals surface area contributed by atoms with E-state index in [1.807, 2.05) is 0 Å². The number of hydrogen-bond acceptors (Lipinski definition) is 2. The second-order valence-corrected chi connectivity index (χ2v) is 5.03. The number of halogens is 2. The third kappa shape index (κ3) is 2.05. The van der Waals surface area contributed by atoms with Crippen LogP contribution < -0.4 is 0 Å². The number of likely N-dealkylation sites (tertiary alicyclic amines) is 1. The number of amides is 1. The van der Waals surface area contributed by atoms with Gasteiger partial charge in [0, 0.05) is 19.0 Å². The summed E-state index contributed by atoms with van der Waals surface area (Å²) in [5.74, 6) is 0.212. The van der Waals surface area contributed by atoms with Gasteiger partial charge in [-0.3, -0.25) is 4.79 Å². The van der Waals surface area contributed by atoms with Crippen LogP contribution in [0.4, 0.5) is 8.78 Å². The summed E-state index contributed by atoms with van der Waals surface area (Å²) >= 11 is 0. The Hall–Kier alpha value is -0.710. The fraction of sp³-hybridized carbons (Fsp3) is 0.909. The van der Waals surface area contributed by atoms with Crippen molar-refractivity contribution in [2.24, 2.45) is 11.3 Å². The fourth-order valence-corrected chi connectivity index (χ4v) is 2.25. The molecule has 2 rings (SSSR count). The van der Waals surface area contributed by atoms with E-state index in [2.05, 4.69) is 18.6 Å². The normalized spacial score (nSPS) is 34.1. The molecule has 3 nitrogen and oxygen atoms in total. The number of carbonyl (C=O) groups is 1. The van der Waals surface area contributed by atoms with Gasteiger partial charge in [-0.2, -0.15) is 8.78 Å². The van der Waals surface area contributed by atoms with E-state index in [0.29, 0.717) is 13.1 Å². The van der Waals surface area contributed by atoms with Gasteiger partial charge in [0.15, 0.2) is 0 Å². The maximum absolute atomic E-state index is 11.9. The summed E-state index contributed by atoms with van der Waals surface area (Å²) in [5, 5.41) is 0. The summed E-state index contributed by atoms with van der Waals surface area (Å²) < 4.78 is 28.0. The van der Waals surface area contributed by atoms with Crippen LogP contribution in [0, 0.1) is 11.3 Å². The lowest BCUT2D eigenvalue weighted by Gasteiger charge is -2.39. The van der Waals surface area contributed by atoms with Gasteiger partial charge < -0.3 is 9.64 Å². The minimum Gasteiger partial charge on any atom is -0.337 e. The summed E-state index contributed by atoms with van der Waals surface area (Å²) in [7, 11) is 0. The van der Waals surface area contributed by atoms with Crippen molar-refractivity contribution in [3.05, 3.63) is 0 Å². The van der Waals surface area contributed by atoms with E-state index in [1.165, 1.54) is 0 Å². The topological polar surface area (TPSA) is 29.5 Å². The molecule has 0 aromatic heterocycles. The molecule has 92 valence electrons. The largest absolute Gasteiger partial charge is 0.345 e. The van der Waals surface area contributed by atoms with Crippen molar-refractivity contribution in [3.8, 4) is 0 Å². The zero-order valence-electron chi connectivity index (χ0n) is 9.58. The quantitative estimate of drug-likeness (QED) is 0.742. The van der Waals surface area contributed by atoms with Crippen molar-refractivity contribution in [1.82, 2.24) is 4.90 Å². The molecule has 0 spiro atoms. The Bertz CT molecular complexity index is 292. The summed E-state index contributed by atoms with van der Waals surface area (Å²) in [6.07, 6.45) is 1.45. The summed E-state index contributed by atoms with van der Waals surface area (Å²) in [4.78, 5) is 13.5. The molecule has 0 N–H and O–H groups in total. The van der Waals surface area contributed by atoms with Crippen LogP contribution in [0.5, 0.6) is 0 Å². The van der Waals surface area contributed by atoms with E-state index in [0.717, 1.165) is 12.8 Å². The summed E-state index contributed by atoms with van der Waals surface area (Å²) in [6.45, 7) is 2.08. The fourth-order valence-electron chi connectivity index (χ4n) is 2.25. The SMILES string of the molecule is CCC1(C)CC1C(=O)N1CC(OC(F)F)C1. The molecule has 2 unspecified atom stereocenters. The lowest BCUT2D eigenvalue weighted by Crippen LogP contribution is -2.56. The van der Waals surface area contributed by atoms with Crippen molar-refractivity contribution in [3.63, 3.8) is 0 Å². The van der Waals surface area contributed by atoms with Gasteiger partial charge in [0.2, 0.25) is 5.91 Å². The maximum atomic E-state index is 11.9. The van der Waals surface area contributed by atoms with Gasteiger partial charge in [-0.25, -0.2) is 0 Å². The molecule has 0 aromatic rings. The second-order valence-electron chi connectivity index (χ2n) is 5.03. The van der Waals surface area contributed by atoms with E-state index in [-0.39, 0.29) is 17.2 Å². The predicted octanol–water partition coefficient (Wildman–Crippen LogP) is 1.87. The molecule has 0 aromatic carbocycles. The van der Waals surface area contributed by atoms with E-state index in [9.17, 15) is 13.6 Å². The highest BCUT2D eigenvalue weighted by atomic mass is 19.3. The molecule has 0 bridgehead atoms. The van der Waals surface area contributed by atoms with Crippen LogP contribution in [0.2, 0.25) is 0 Å². The molecule has 1 heterocycles. The van der Waals surface area contributed by atoms with E-state index >= 15 is 0 Å². The van der Waals surface area contributed by atoms with Gasteiger partial charge in [0.25, 0.3) is 0 Å². The summed E-state index contributed by atoms with van der Waals surface area (Å²) in [5.41, 5.74) is 0.145. The molecule has 16 heavy (non-hydrogen) atoms. The van der Waals surface area contributed by atoms with Gasteiger partial charge in [0.1, 0.15) is 0 Å². The van der Waals surface area contributed by atoms with Gasteiger partial charge in [0.05, 0.1) is 6.10 Å². The average molecular weight is 233 g/mol. The molecular formula is C11H17F2NO2. The van der Waals surface area contributed by atoms with Crippen molar-refractivity contribution in [2.45, 2.75) is 39.4 Å². The zero-order valence-corrected chi connectivity index (χ0v) is 9.58. The average Bonchev–Trinajstić information content (AvgIpc) is 2.83. The first kappa shape index (κ1) is 11.8. The molecule has 2 atom stereocenters. The first-order valence-corrected chi connectivity index (χ1v) is 5.68. The maximum Gasteiger partial charge on any atom is 0.345 e. The predicted molar refractivity (Wildman–Crippen MR) is 54.0 cm³/mol. The van der Waals surface area contributed by atoms with Crippen LogP contribution in [-0.4, -0.2) is 36.6 Å². The highest BCUT2D eigenvalue weighted by molar-refractivity contribution is 5.83. The number of ether oxygens (including phenoxy) is 1. The van der Waals surface area contributed by atoms with Crippen LogP contribution in [0.25, 0.3) is 0 Å². The van der Waals surface area contributed by atoms with Crippen LogP contribution in [0.3, 0.4) is 0 Å². The summed E-state index contributed by atoms with van der Waals surface area (Å²) in [6, 6.07) is 0. The minimum absolute atomic E-state index is 0.102. The standard InChI is InChI=1S/C11H17F2NO2/c1-3-11(2)4-8(11)9(15)14-5-7(6-14)16-10(12)13/h7-8,10H,3-6H2,1-2H3. The zero-order chi connectivity index (χ0) is 11.9. The second kappa shape index (κ2) is 3.95. The number of alkyl halides is 2. The van der Waals surface area contributed by atoms with Gasteiger partial charge in [-0.15, -0.1) is 0 Å². The molecule has 2 fully saturated rings. The lowest BCUT2D eigenvalue weighted by molar-refractivity contribution is -0.199. The number of rotatable bonds is 4. The number of carbonyl (C=O) groups excluding carboxylic acids is 1. The first-order chi connectivity index (χ1) is 7.46. The van der Waals surface area contributed by atoms with Crippen LogP contribution in [0.1, 0.15) is 26.7 Å². The van der Waals surface area contributed by atoms with Crippen molar-refractivity contribution in [1.29, 1.82) is 0 Å². The third-order valence-corrected chi connectivity index (χ3v) is 3.91. The molecule has 1 amide bonds. The Labute approximate surface area is 93.7 Å². The van der Waals surface area contributed by atoms with E-state index in [1.54, 1.807) is 4.90 Å². The van der Waals surface area contributed by atoms with Crippen LogP contribution in [0.15, 0.2) is 0 Å². The van der Waals surface area contributed by atoms with Crippen LogP contribution in [-0.2, 0) is 9.53 Å². The van der Waals surface area contributed by atoms with E-state index in [4.69, 9.17) is 0 Å². The van der Waals surface area contributed by atoms with Crippen LogP contribution >= 0.6 is 0 Å². The number of nitrogens with zero attached hydrogens (tertiary/aromatic N) is 1. The number of hydrogen-bond donors (Lipinski definition) is 0. The van der Waals surface area contributed by atoms with E-state index < -0.39 is 12.7 Å². The van der Waals surface area contributed by atoms with Crippen molar-refractivity contribution >= 4 is 5.91 Å². The molecule has 1 aliphatic heterocycles. The molecule has 5 heteroatoms. The third-order valence-electron chi connectivity index (χ3n) is 3.91. The molecular weight excluding hydrogens is 216 g/mol. The lowest BCUT2D eigenvalue weighted by atomic mass is 10.0. The van der Waals surface area contributed by atoms with Gasteiger partial charge in [-0.1, -0.05) is 13.8 Å². The molecule has 0 radical (unpaired) electrons. The molecule has 1 saturated heterocycles. The highest BCUT2D eigenvalue weighted by Gasteiger charge is 2.55. The molecule has 1 aliphatic carbocycles. The Morgan fingerprint density at radius 3 is 2.62 bits per heavy atom. The Kier molecular flexibility index (Phi) is 2.90. The van der Waals surface area contributed by atoms with Gasteiger partial charge in [-0.05, 0) is 18.3 Å². The first-order valence-electron chi connectivity index (χ1n) is 5.68. The monoisotopic (exact) mass is 233 g/mol. The molecule has 2 aliphatic rings. The minimum atomic E-state index is -2.73. The van der Waals surface area contributed by atoms with Gasteiger partial charge >= 0.3 is 6.61 Å².